The van der Waals surface area contributed by atoms with E-state index < -0.39 is 30.9 Å². The molecule has 0 bridgehead atoms. The number of piperidine rings is 1. The molecule has 0 spiro atoms. The summed E-state index contributed by atoms with van der Waals surface area (Å²) in [4.78, 5) is 0.399. The van der Waals surface area contributed by atoms with Gasteiger partial charge in [-0.15, -0.1) is 0 Å². The number of sulfone groups is 1. The molecule has 0 N–H and O–H groups in total. The maximum absolute atomic E-state index is 13.3. The van der Waals surface area contributed by atoms with Crippen LogP contribution in [0.2, 0.25) is 0 Å². The van der Waals surface area contributed by atoms with Crippen LogP contribution in [-0.4, -0.2) is 39.5 Å². The summed E-state index contributed by atoms with van der Waals surface area (Å²) in [7, 11) is -7.35. The van der Waals surface area contributed by atoms with E-state index in [1.165, 1.54) is 16.4 Å². The quantitative estimate of drug-likeness (QED) is 0.682. The summed E-state index contributed by atoms with van der Waals surface area (Å²) in [6, 6.07) is 6.74. The standard InChI is InChI=1S/C21H26FNO4S2/c1-14-13-15(2)17(4)21(16(14)3)29(26,27)23-11-9-20(10-12-23)28(24,25)19-7-5-18(22)6-8-19/h5-8,13,20H,9-12H2,1-4H3. The average Bonchev–Trinajstić information content (AvgIpc) is 2.67. The molecule has 0 radical (unpaired) electrons. The fraction of sp³-hybridized carbons (Fsp3) is 0.429. The van der Waals surface area contributed by atoms with Crippen LogP contribution in [0.1, 0.15) is 35.1 Å². The minimum Gasteiger partial charge on any atom is -0.223 e. The summed E-state index contributed by atoms with van der Waals surface area (Å²) in [6.45, 7) is 7.67. The molecule has 29 heavy (non-hydrogen) atoms. The van der Waals surface area contributed by atoms with Crippen LogP contribution in [0, 0.1) is 33.5 Å². The van der Waals surface area contributed by atoms with Gasteiger partial charge in [0.25, 0.3) is 0 Å². The maximum atomic E-state index is 13.3. The molecule has 1 saturated heterocycles. The Hall–Kier alpha value is -1.77. The lowest BCUT2D eigenvalue weighted by Gasteiger charge is -2.32. The fourth-order valence-corrected chi connectivity index (χ4v) is 7.67. The van der Waals surface area contributed by atoms with Gasteiger partial charge in [0.15, 0.2) is 9.84 Å². The van der Waals surface area contributed by atoms with Gasteiger partial charge in [-0.1, -0.05) is 6.07 Å². The number of hydrogen-bond acceptors (Lipinski definition) is 4. The van der Waals surface area contributed by atoms with Gasteiger partial charge in [-0.2, -0.15) is 4.31 Å². The third-order valence-electron chi connectivity index (χ3n) is 5.88. The first-order valence-corrected chi connectivity index (χ1v) is 12.5. The summed E-state index contributed by atoms with van der Waals surface area (Å²) >= 11 is 0. The van der Waals surface area contributed by atoms with Crippen molar-refractivity contribution in [1.82, 2.24) is 4.31 Å². The van der Waals surface area contributed by atoms with Crippen LogP contribution in [0.3, 0.4) is 0 Å². The number of sulfonamides is 1. The molecule has 158 valence electrons. The number of aryl methyl sites for hydroxylation is 2. The van der Waals surface area contributed by atoms with Gasteiger partial charge in [-0.25, -0.2) is 21.2 Å². The second kappa shape index (κ2) is 7.81. The number of nitrogens with zero attached hydrogens (tertiary/aromatic N) is 1. The Kier molecular flexibility index (Phi) is 5.91. The Balaban J connectivity index is 1.85. The van der Waals surface area contributed by atoms with Crippen LogP contribution in [0.5, 0.6) is 0 Å². The minimum atomic E-state index is -3.72. The van der Waals surface area contributed by atoms with Crippen LogP contribution in [0.15, 0.2) is 40.1 Å². The summed E-state index contributed by atoms with van der Waals surface area (Å²) in [5.41, 5.74) is 3.30. The summed E-state index contributed by atoms with van der Waals surface area (Å²) in [5, 5.41) is -0.680. The van der Waals surface area contributed by atoms with E-state index in [0.717, 1.165) is 34.4 Å². The Bertz CT molecular complexity index is 1110. The molecule has 2 aromatic carbocycles. The van der Waals surface area contributed by atoms with Gasteiger partial charge in [0.2, 0.25) is 10.0 Å². The number of hydrogen-bond donors (Lipinski definition) is 0. The highest BCUT2D eigenvalue weighted by Crippen LogP contribution is 2.32. The fourth-order valence-electron chi connectivity index (χ4n) is 3.90. The van der Waals surface area contributed by atoms with Crippen molar-refractivity contribution in [2.75, 3.05) is 13.1 Å². The van der Waals surface area contributed by atoms with Crippen molar-refractivity contribution in [2.24, 2.45) is 0 Å². The monoisotopic (exact) mass is 439 g/mol. The van der Waals surface area contributed by atoms with Crippen LogP contribution in [0.4, 0.5) is 4.39 Å². The van der Waals surface area contributed by atoms with E-state index in [2.05, 4.69) is 0 Å². The highest BCUT2D eigenvalue weighted by molar-refractivity contribution is 7.92. The molecular weight excluding hydrogens is 413 g/mol. The molecule has 0 aliphatic carbocycles. The summed E-state index contributed by atoms with van der Waals surface area (Å²) in [5.74, 6) is -0.496. The molecule has 1 aliphatic rings. The van der Waals surface area contributed by atoms with Crippen molar-refractivity contribution in [3.8, 4) is 0 Å². The van der Waals surface area contributed by atoms with Gasteiger partial charge in [-0.3, -0.25) is 0 Å². The maximum Gasteiger partial charge on any atom is 0.243 e. The molecule has 0 unspecified atom stereocenters. The molecule has 0 saturated carbocycles. The Labute approximate surface area is 172 Å². The smallest absolute Gasteiger partial charge is 0.223 e. The predicted octanol–water partition coefficient (Wildman–Crippen LogP) is 3.69. The predicted molar refractivity (Wildman–Crippen MR) is 111 cm³/mol. The lowest BCUT2D eigenvalue weighted by molar-refractivity contribution is 0.345. The van der Waals surface area contributed by atoms with E-state index in [9.17, 15) is 21.2 Å². The molecule has 3 rings (SSSR count). The minimum absolute atomic E-state index is 0.0706. The first kappa shape index (κ1) is 21.9. The Morgan fingerprint density at radius 2 is 1.34 bits per heavy atom. The SMILES string of the molecule is Cc1cc(C)c(C)c(S(=O)(=O)N2CCC(S(=O)(=O)c3ccc(F)cc3)CC2)c1C. The first-order valence-electron chi connectivity index (χ1n) is 9.53. The van der Waals surface area contributed by atoms with Gasteiger partial charge in [-0.05, 0) is 87.1 Å². The van der Waals surface area contributed by atoms with Gasteiger partial charge in [0, 0.05) is 13.1 Å². The molecule has 1 fully saturated rings. The highest BCUT2D eigenvalue weighted by Gasteiger charge is 2.37. The third-order valence-corrected chi connectivity index (χ3v) is 10.3. The largest absolute Gasteiger partial charge is 0.243 e. The van der Waals surface area contributed by atoms with Crippen molar-refractivity contribution >= 4 is 19.9 Å². The van der Waals surface area contributed by atoms with Gasteiger partial charge in [0.05, 0.1) is 15.0 Å². The molecular formula is C21H26FNO4S2. The number of rotatable bonds is 4. The molecule has 5 nitrogen and oxygen atoms in total. The molecule has 1 aliphatic heterocycles. The third kappa shape index (κ3) is 3.98. The van der Waals surface area contributed by atoms with Gasteiger partial charge >= 0.3 is 0 Å². The van der Waals surface area contributed by atoms with Crippen molar-refractivity contribution in [1.29, 1.82) is 0 Å². The van der Waals surface area contributed by atoms with Gasteiger partial charge < -0.3 is 0 Å². The van der Waals surface area contributed by atoms with Crippen molar-refractivity contribution in [2.45, 2.75) is 55.6 Å². The van der Waals surface area contributed by atoms with E-state index in [1.54, 1.807) is 13.8 Å². The Morgan fingerprint density at radius 3 is 1.83 bits per heavy atom. The van der Waals surface area contributed by atoms with E-state index in [4.69, 9.17) is 0 Å². The average molecular weight is 440 g/mol. The van der Waals surface area contributed by atoms with E-state index >= 15 is 0 Å². The molecule has 0 aromatic heterocycles. The summed E-state index contributed by atoms with van der Waals surface area (Å²) in [6.07, 6.45) is 0.420. The number of halogens is 1. The van der Waals surface area contributed by atoms with Crippen molar-refractivity contribution < 1.29 is 21.2 Å². The lowest BCUT2D eigenvalue weighted by Crippen LogP contribution is -2.42. The lowest BCUT2D eigenvalue weighted by atomic mass is 10.0. The second-order valence-corrected chi connectivity index (χ2v) is 11.8. The highest BCUT2D eigenvalue weighted by atomic mass is 32.2. The van der Waals surface area contributed by atoms with E-state index in [-0.39, 0.29) is 30.8 Å². The zero-order valence-electron chi connectivity index (χ0n) is 17.1. The van der Waals surface area contributed by atoms with Crippen LogP contribution in [0.25, 0.3) is 0 Å². The van der Waals surface area contributed by atoms with Gasteiger partial charge in [0.1, 0.15) is 5.82 Å². The first-order chi connectivity index (χ1) is 13.5. The number of benzene rings is 2. The molecule has 0 atom stereocenters. The normalized spacial score (nSPS) is 16.9. The van der Waals surface area contributed by atoms with E-state index in [1.807, 2.05) is 19.9 Å². The molecule has 8 heteroatoms. The topological polar surface area (TPSA) is 71.5 Å². The van der Waals surface area contributed by atoms with Crippen molar-refractivity contribution in [3.63, 3.8) is 0 Å². The Morgan fingerprint density at radius 1 is 0.862 bits per heavy atom. The van der Waals surface area contributed by atoms with E-state index in [0.29, 0.717) is 4.90 Å². The van der Waals surface area contributed by atoms with Crippen LogP contribution >= 0.6 is 0 Å². The molecule has 0 amide bonds. The summed E-state index contributed by atoms with van der Waals surface area (Å²) < 4.78 is 66.8. The molecule has 2 aromatic rings. The zero-order chi connectivity index (χ0) is 21.6. The van der Waals surface area contributed by atoms with Crippen LogP contribution in [-0.2, 0) is 19.9 Å². The zero-order valence-corrected chi connectivity index (χ0v) is 18.7. The second-order valence-electron chi connectivity index (χ2n) is 7.69. The molecule has 1 heterocycles. The van der Waals surface area contributed by atoms with Crippen LogP contribution < -0.4 is 0 Å². The van der Waals surface area contributed by atoms with Crippen molar-refractivity contribution in [3.05, 3.63) is 58.4 Å².